The van der Waals surface area contributed by atoms with Gasteiger partial charge in [-0.1, -0.05) is 126 Å². The molecule has 0 aliphatic carbocycles. The molecule has 0 rings (SSSR count). The van der Waals surface area contributed by atoms with E-state index in [4.69, 9.17) is 0 Å². The molecule has 0 aromatic heterocycles. The number of unbranched alkanes of at least 4 members (excludes halogenated alkanes) is 14. The van der Waals surface area contributed by atoms with Crippen LogP contribution in [0.15, 0.2) is 0 Å². The van der Waals surface area contributed by atoms with Gasteiger partial charge in [0.05, 0.1) is 0 Å². The lowest BCUT2D eigenvalue weighted by atomic mass is 10.0. The van der Waals surface area contributed by atoms with Crippen LogP contribution in [0.4, 0.5) is 0 Å². The normalized spacial score (nSPS) is 12.3. The minimum Gasteiger partial charge on any atom is -0.306 e. The second-order valence-electron chi connectivity index (χ2n) is 8.19. The molecule has 0 fully saturated rings. The minimum absolute atomic E-state index is 0. The lowest BCUT2D eigenvalue weighted by molar-refractivity contribution is 0.256. The predicted octanol–water partition coefficient (Wildman–Crippen LogP) is 9.01. The van der Waals surface area contributed by atoms with E-state index < -0.39 is 0 Å². The van der Waals surface area contributed by atoms with Crippen LogP contribution < -0.4 is 0 Å². The zero-order chi connectivity index (χ0) is 18.6. The van der Waals surface area contributed by atoms with Gasteiger partial charge in [0.25, 0.3) is 0 Å². The van der Waals surface area contributed by atoms with Crippen LogP contribution >= 0.6 is 46.6 Å². The first-order chi connectivity index (χ1) is 12.2. The van der Waals surface area contributed by atoms with Crippen LogP contribution in [0.3, 0.4) is 0 Å². The maximum Gasteiger partial charge on any atom is 0.00894 e. The third-order valence-electron chi connectivity index (χ3n) is 5.54. The van der Waals surface area contributed by atoms with Crippen molar-refractivity contribution in [2.75, 3.05) is 18.5 Å². The van der Waals surface area contributed by atoms with E-state index >= 15 is 0 Å². The highest BCUT2D eigenvalue weighted by Crippen LogP contribution is 2.16. The minimum atomic E-state index is 0. The fraction of sp³-hybridized carbons (Fsp3) is 1.00. The maximum absolute atomic E-state index is 2.51. The molecule has 0 amide bonds. The number of alkyl halides is 1. The summed E-state index contributed by atoms with van der Waals surface area (Å²) in [4.78, 5) is 2.44. The summed E-state index contributed by atoms with van der Waals surface area (Å²) in [7, 11) is 4.51. The Labute approximate surface area is 197 Å². The Balaban J connectivity index is 0. The summed E-state index contributed by atoms with van der Waals surface area (Å²) in [5, 5.41) is 0. The van der Waals surface area contributed by atoms with Crippen LogP contribution in [-0.4, -0.2) is 29.5 Å². The second kappa shape index (κ2) is 24.5. The van der Waals surface area contributed by atoms with E-state index in [1.165, 1.54) is 120 Å². The maximum atomic E-state index is 2.51. The molecule has 1 nitrogen and oxygen atoms in total. The summed E-state index contributed by atoms with van der Waals surface area (Å²) in [6.07, 6.45) is 26.1. The zero-order valence-electron chi connectivity index (χ0n) is 18.2. The smallest absolute Gasteiger partial charge is 0.00894 e. The average molecular weight is 593 g/mol. The highest BCUT2D eigenvalue weighted by Gasteiger charge is 2.09. The van der Waals surface area contributed by atoms with Crippen LogP contribution in [0.5, 0.6) is 0 Å². The molecule has 26 heavy (non-hydrogen) atoms. The Morgan fingerprint density at radius 1 is 0.577 bits per heavy atom. The molecule has 3 heteroatoms. The van der Waals surface area contributed by atoms with Gasteiger partial charge in [-0.15, -0.1) is 24.0 Å². The first-order valence-electron chi connectivity index (χ1n) is 11.4. The van der Waals surface area contributed by atoms with Crippen molar-refractivity contribution in [2.45, 2.75) is 129 Å². The fourth-order valence-corrected chi connectivity index (χ4v) is 4.17. The Bertz CT molecular complexity index is 246. The summed E-state index contributed by atoms with van der Waals surface area (Å²) >= 11 is 2.51. The van der Waals surface area contributed by atoms with E-state index in [2.05, 4.69) is 48.5 Å². The summed E-state index contributed by atoms with van der Waals surface area (Å²) in [6, 6.07) is 0.816. The predicted molar refractivity (Wildman–Crippen MR) is 141 cm³/mol. The van der Waals surface area contributed by atoms with Crippen molar-refractivity contribution in [3.05, 3.63) is 0 Å². The SMILES string of the molecule is CCCCCCCCCCCCCCCCCC(CCCI)N(C)C.I. The molecule has 0 aromatic rings. The lowest BCUT2D eigenvalue weighted by Crippen LogP contribution is -2.27. The monoisotopic (exact) mass is 593 g/mol. The Hall–Kier alpha value is 1.42. The van der Waals surface area contributed by atoms with Gasteiger partial charge in [0.1, 0.15) is 0 Å². The van der Waals surface area contributed by atoms with Crippen molar-refractivity contribution >= 4 is 46.6 Å². The molecule has 0 aromatic carbocycles. The number of rotatable bonds is 20. The van der Waals surface area contributed by atoms with Crippen molar-refractivity contribution in [3.63, 3.8) is 0 Å². The van der Waals surface area contributed by atoms with Crippen molar-refractivity contribution in [1.82, 2.24) is 4.90 Å². The summed E-state index contributed by atoms with van der Waals surface area (Å²) in [5.74, 6) is 0. The molecular weight excluding hydrogens is 544 g/mol. The van der Waals surface area contributed by atoms with Gasteiger partial charge >= 0.3 is 0 Å². The number of nitrogens with zero attached hydrogens (tertiary/aromatic N) is 1. The van der Waals surface area contributed by atoms with E-state index in [9.17, 15) is 0 Å². The van der Waals surface area contributed by atoms with E-state index in [0.717, 1.165) is 6.04 Å². The van der Waals surface area contributed by atoms with Gasteiger partial charge in [-0.05, 0) is 37.8 Å². The van der Waals surface area contributed by atoms with Crippen molar-refractivity contribution < 1.29 is 0 Å². The molecule has 160 valence electrons. The molecule has 0 radical (unpaired) electrons. The largest absolute Gasteiger partial charge is 0.306 e. The van der Waals surface area contributed by atoms with Crippen molar-refractivity contribution in [3.8, 4) is 0 Å². The van der Waals surface area contributed by atoms with Gasteiger partial charge < -0.3 is 4.90 Å². The molecule has 0 heterocycles. The first-order valence-corrected chi connectivity index (χ1v) is 13.0. The Morgan fingerprint density at radius 3 is 1.27 bits per heavy atom. The molecule has 0 bridgehead atoms. The summed E-state index contributed by atoms with van der Waals surface area (Å²) in [5.41, 5.74) is 0. The van der Waals surface area contributed by atoms with Crippen LogP contribution in [0.2, 0.25) is 0 Å². The van der Waals surface area contributed by atoms with Crippen molar-refractivity contribution in [2.24, 2.45) is 0 Å². The highest BCUT2D eigenvalue weighted by molar-refractivity contribution is 14.1. The van der Waals surface area contributed by atoms with Gasteiger partial charge in [-0.25, -0.2) is 0 Å². The molecule has 1 atom stereocenters. The number of hydrogen-bond acceptors (Lipinski definition) is 1. The van der Waals surface area contributed by atoms with E-state index in [0.29, 0.717) is 0 Å². The molecule has 0 saturated heterocycles. The van der Waals surface area contributed by atoms with Gasteiger partial charge in [0.15, 0.2) is 0 Å². The average Bonchev–Trinajstić information content (AvgIpc) is 2.60. The van der Waals surface area contributed by atoms with E-state index in [-0.39, 0.29) is 24.0 Å². The second-order valence-corrected chi connectivity index (χ2v) is 9.27. The third-order valence-corrected chi connectivity index (χ3v) is 6.30. The standard InChI is InChI=1S/C23H48IN.HI/c1-4-5-6-7-8-9-10-11-12-13-14-15-16-17-18-20-23(25(2)3)21-19-22-24;/h23H,4-22H2,1-3H3;1H. The molecule has 0 spiro atoms. The quantitative estimate of drug-likeness (QED) is 0.0774. The van der Waals surface area contributed by atoms with Gasteiger partial charge in [-0.3, -0.25) is 0 Å². The summed E-state index contributed by atoms with van der Waals surface area (Å²) in [6.45, 7) is 2.30. The van der Waals surface area contributed by atoms with E-state index in [1.54, 1.807) is 0 Å². The Kier molecular flexibility index (Phi) is 27.9. The number of halogens is 2. The highest BCUT2D eigenvalue weighted by atomic mass is 127. The van der Waals surface area contributed by atoms with E-state index in [1.807, 2.05) is 0 Å². The van der Waals surface area contributed by atoms with Crippen molar-refractivity contribution in [1.29, 1.82) is 0 Å². The molecule has 1 unspecified atom stereocenters. The van der Waals surface area contributed by atoms with Crippen LogP contribution in [0.1, 0.15) is 122 Å². The molecule has 0 aliphatic rings. The molecule has 0 N–H and O–H groups in total. The van der Waals surface area contributed by atoms with Crippen LogP contribution in [0.25, 0.3) is 0 Å². The Morgan fingerprint density at radius 2 is 0.923 bits per heavy atom. The van der Waals surface area contributed by atoms with Gasteiger partial charge in [0, 0.05) is 6.04 Å². The lowest BCUT2D eigenvalue weighted by Gasteiger charge is -2.24. The molecular formula is C23H49I2N. The number of hydrogen-bond donors (Lipinski definition) is 0. The zero-order valence-corrected chi connectivity index (χ0v) is 22.7. The van der Waals surface area contributed by atoms with Gasteiger partial charge in [-0.2, -0.15) is 0 Å². The fourth-order valence-electron chi connectivity index (χ4n) is 3.72. The molecule has 0 saturated carbocycles. The third kappa shape index (κ3) is 21.7. The topological polar surface area (TPSA) is 3.24 Å². The summed E-state index contributed by atoms with van der Waals surface area (Å²) < 4.78 is 1.31. The van der Waals surface area contributed by atoms with Crippen LogP contribution in [-0.2, 0) is 0 Å². The first kappa shape index (κ1) is 29.6. The van der Waals surface area contributed by atoms with Crippen LogP contribution in [0, 0.1) is 0 Å². The molecule has 0 aliphatic heterocycles. The van der Waals surface area contributed by atoms with Gasteiger partial charge in [0.2, 0.25) is 0 Å².